The number of hydrogen-bond acceptors (Lipinski definition) is 7. The summed E-state index contributed by atoms with van der Waals surface area (Å²) in [6.45, 7) is 4.75. The molecule has 9 nitrogen and oxygen atoms in total. The lowest BCUT2D eigenvalue weighted by atomic mass is 10.0. The summed E-state index contributed by atoms with van der Waals surface area (Å²) in [4.78, 5) is 42.7. The van der Waals surface area contributed by atoms with Gasteiger partial charge in [0.2, 0.25) is 5.91 Å². The minimum Gasteiger partial charge on any atom is -0.357 e. The zero-order valence-electron chi connectivity index (χ0n) is 17.9. The standard InChI is InChI=1S/C21H21F3N6O3/c1-12(9-13(10-25-2)21(22,23)24)15-6-7-16(28-27-15)26-17(31)11-30-8-4-5-14-18(30)20(33)29(3)19(14)32/h6-7,9-10H,2,4-5,8,11H2,1,3H3,(H,26,28,31)/b12-9+,13-10+. The predicted octanol–water partition coefficient (Wildman–Crippen LogP) is 2.31. The molecule has 12 heteroatoms. The molecule has 0 radical (unpaired) electrons. The Balaban J connectivity index is 1.68. The fraction of sp³-hybridized carbons (Fsp3) is 0.333. The molecule has 0 saturated carbocycles. The fourth-order valence-electron chi connectivity index (χ4n) is 3.51. The zero-order valence-corrected chi connectivity index (χ0v) is 17.9. The van der Waals surface area contributed by atoms with Gasteiger partial charge in [-0.1, -0.05) is 0 Å². The molecule has 1 N–H and O–H groups in total. The van der Waals surface area contributed by atoms with Crippen LogP contribution < -0.4 is 5.32 Å². The van der Waals surface area contributed by atoms with E-state index in [-0.39, 0.29) is 35.2 Å². The number of rotatable bonds is 6. The summed E-state index contributed by atoms with van der Waals surface area (Å²) in [6.07, 6.45) is -2.01. The van der Waals surface area contributed by atoms with Crippen LogP contribution in [0.4, 0.5) is 19.0 Å². The van der Waals surface area contributed by atoms with Gasteiger partial charge in [-0.2, -0.15) is 13.2 Å². The van der Waals surface area contributed by atoms with E-state index in [9.17, 15) is 27.6 Å². The fourth-order valence-corrected chi connectivity index (χ4v) is 3.51. The first-order valence-electron chi connectivity index (χ1n) is 9.89. The van der Waals surface area contributed by atoms with E-state index in [0.29, 0.717) is 31.2 Å². The van der Waals surface area contributed by atoms with Gasteiger partial charge in [0.15, 0.2) is 5.82 Å². The highest BCUT2D eigenvalue weighted by molar-refractivity contribution is 6.19. The molecule has 2 aliphatic heterocycles. The number of carbonyl (C=O) groups excluding carboxylic acids is 3. The van der Waals surface area contributed by atoms with Gasteiger partial charge in [-0.05, 0) is 50.3 Å². The van der Waals surface area contributed by atoms with Crippen LogP contribution in [0.15, 0.2) is 46.2 Å². The Kier molecular flexibility index (Phi) is 6.75. The molecule has 0 fully saturated rings. The number of imide groups is 1. The third-order valence-electron chi connectivity index (χ3n) is 5.13. The molecule has 174 valence electrons. The van der Waals surface area contributed by atoms with Crippen LogP contribution in [0, 0.1) is 0 Å². The van der Waals surface area contributed by atoms with Gasteiger partial charge in [-0.3, -0.25) is 24.3 Å². The maximum Gasteiger partial charge on any atom is 0.417 e. The lowest BCUT2D eigenvalue weighted by Gasteiger charge is -2.28. The Morgan fingerprint density at radius 2 is 2.00 bits per heavy atom. The first-order valence-corrected chi connectivity index (χ1v) is 9.89. The van der Waals surface area contributed by atoms with Crippen LogP contribution in [-0.2, 0) is 14.4 Å². The number of aromatic nitrogens is 2. The highest BCUT2D eigenvalue weighted by Gasteiger charge is 2.40. The highest BCUT2D eigenvalue weighted by Crippen LogP contribution is 2.31. The van der Waals surface area contributed by atoms with Crippen molar-refractivity contribution in [2.24, 2.45) is 4.99 Å². The molecule has 0 saturated heterocycles. The lowest BCUT2D eigenvalue weighted by Crippen LogP contribution is -2.38. The Morgan fingerprint density at radius 3 is 2.61 bits per heavy atom. The summed E-state index contributed by atoms with van der Waals surface area (Å²) >= 11 is 0. The van der Waals surface area contributed by atoms with Gasteiger partial charge in [-0.15, -0.1) is 10.2 Å². The van der Waals surface area contributed by atoms with Crippen molar-refractivity contribution in [3.63, 3.8) is 0 Å². The van der Waals surface area contributed by atoms with Gasteiger partial charge in [-0.25, -0.2) is 0 Å². The molecular formula is C21H21F3N6O3. The molecule has 1 aromatic heterocycles. The summed E-state index contributed by atoms with van der Waals surface area (Å²) in [5.74, 6) is -1.18. The van der Waals surface area contributed by atoms with E-state index >= 15 is 0 Å². The van der Waals surface area contributed by atoms with Gasteiger partial charge >= 0.3 is 6.18 Å². The Labute approximate surface area is 187 Å². The second-order valence-electron chi connectivity index (χ2n) is 7.47. The summed E-state index contributed by atoms with van der Waals surface area (Å²) in [6, 6.07) is 2.82. The van der Waals surface area contributed by atoms with Gasteiger partial charge in [0.05, 0.1) is 17.8 Å². The van der Waals surface area contributed by atoms with Crippen LogP contribution in [0.2, 0.25) is 0 Å². The van der Waals surface area contributed by atoms with Gasteiger partial charge in [0.1, 0.15) is 5.70 Å². The summed E-state index contributed by atoms with van der Waals surface area (Å²) in [5.41, 5.74) is 0.0283. The predicted molar refractivity (Wildman–Crippen MR) is 114 cm³/mol. The molecule has 33 heavy (non-hydrogen) atoms. The van der Waals surface area contributed by atoms with Crippen molar-refractivity contribution in [3.05, 3.63) is 46.9 Å². The second-order valence-corrected chi connectivity index (χ2v) is 7.47. The first-order chi connectivity index (χ1) is 15.5. The molecule has 0 unspecified atom stereocenters. The van der Waals surface area contributed by atoms with Crippen LogP contribution in [0.3, 0.4) is 0 Å². The highest BCUT2D eigenvalue weighted by atomic mass is 19.4. The molecule has 3 heterocycles. The zero-order chi connectivity index (χ0) is 24.3. The lowest BCUT2D eigenvalue weighted by molar-refractivity contribution is -0.136. The molecule has 0 atom stereocenters. The van der Waals surface area contributed by atoms with Crippen molar-refractivity contribution in [1.29, 1.82) is 0 Å². The molecular weight excluding hydrogens is 441 g/mol. The number of nitrogens with one attached hydrogen (secondary N) is 1. The number of hydrogen-bond donors (Lipinski definition) is 1. The monoisotopic (exact) mass is 462 g/mol. The average Bonchev–Trinajstić information content (AvgIpc) is 2.98. The Morgan fingerprint density at radius 1 is 1.27 bits per heavy atom. The maximum atomic E-state index is 13.0. The molecule has 2 aliphatic rings. The third kappa shape index (κ3) is 5.16. The number of carbonyl (C=O) groups is 3. The number of allylic oxidation sites excluding steroid dienone is 3. The number of halogens is 3. The molecule has 0 aliphatic carbocycles. The number of anilines is 1. The number of nitrogens with zero attached hydrogens (tertiary/aromatic N) is 5. The molecule has 1 aromatic rings. The van der Waals surface area contributed by atoms with Crippen LogP contribution in [-0.4, -0.2) is 70.7 Å². The normalized spacial score (nSPS) is 17.5. The number of aliphatic imine (C=N–C) groups is 1. The average molecular weight is 462 g/mol. The molecule has 3 amide bonds. The van der Waals surface area contributed by atoms with Crippen molar-refractivity contribution in [3.8, 4) is 0 Å². The third-order valence-corrected chi connectivity index (χ3v) is 5.13. The Bertz CT molecular complexity index is 1090. The van der Waals surface area contributed by atoms with Crippen LogP contribution >= 0.6 is 0 Å². The van der Waals surface area contributed by atoms with Crippen molar-refractivity contribution in [2.45, 2.75) is 25.9 Å². The van der Waals surface area contributed by atoms with Crippen molar-refractivity contribution in [2.75, 3.05) is 25.5 Å². The van der Waals surface area contributed by atoms with E-state index in [1.165, 1.54) is 26.1 Å². The minimum absolute atomic E-state index is 0.0908. The van der Waals surface area contributed by atoms with Crippen LogP contribution in [0.1, 0.15) is 25.5 Å². The van der Waals surface area contributed by atoms with Gasteiger partial charge in [0, 0.05) is 25.4 Å². The number of likely N-dealkylation sites (N-methyl/N-ethyl adjacent to an activating group) is 1. The van der Waals surface area contributed by atoms with Crippen LogP contribution in [0.5, 0.6) is 0 Å². The van der Waals surface area contributed by atoms with E-state index < -0.39 is 23.6 Å². The summed E-state index contributed by atoms with van der Waals surface area (Å²) in [7, 11) is 1.40. The molecule has 3 rings (SSSR count). The first kappa shape index (κ1) is 23.8. The maximum absolute atomic E-state index is 13.0. The molecule has 0 spiro atoms. The molecule has 0 bridgehead atoms. The van der Waals surface area contributed by atoms with Crippen molar-refractivity contribution >= 4 is 35.8 Å². The minimum atomic E-state index is -4.60. The van der Waals surface area contributed by atoms with E-state index in [2.05, 4.69) is 27.2 Å². The van der Waals surface area contributed by atoms with E-state index in [0.717, 1.165) is 11.0 Å². The van der Waals surface area contributed by atoms with Crippen molar-refractivity contribution < 1.29 is 27.6 Å². The van der Waals surface area contributed by atoms with E-state index in [1.54, 1.807) is 4.90 Å². The summed E-state index contributed by atoms with van der Waals surface area (Å²) in [5, 5.41) is 10.2. The number of amides is 3. The van der Waals surface area contributed by atoms with Gasteiger partial charge < -0.3 is 10.2 Å². The van der Waals surface area contributed by atoms with E-state index in [4.69, 9.17) is 0 Å². The largest absolute Gasteiger partial charge is 0.417 e. The molecule has 0 aromatic carbocycles. The smallest absolute Gasteiger partial charge is 0.357 e. The SMILES string of the molecule is C=N/C=C(\C=C(/C)c1ccc(NC(=O)CN2CCCC3=C2C(=O)N(C)C3=O)nn1)C(F)(F)F. The second kappa shape index (κ2) is 9.35. The van der Waals surface area contributed by atoms with Crippen molar-refractivity contribution in [1.82, 2.24) is 20.0 Å². The topological polar surface area (TPSA) is 108 Å². The number of alkyl halides is 3. The quantitative estimate of drug-likeness (QED) is 0.395. The summed E-state index contributed by atoms with van der Waals surface area (Å²) < 4.78 is 39.0. The Hall–Kier alpha value is -3.83. The van der Waals surface area contributed by atoms with Gasteiger partial charge in [0.25, 0.3) is 11.8 Å². The van der Waals surface area contributed by atoms with E-state index in [1.807, 2.05) is 0 Å². The van der Waals surface area contributed by atoms with Crippen LogP contribution in [0.25, 0.3) is 5.57 Å².